The first-order valence-electron chi connectivity index (χ1n) is 9.95. The molecule has 11 heteroatoms. The molecule has 0 atom stereocenters. The molecule has 7 nitrogen and oxygen atoms in total. The molecule has 1 aromatic heterocycles. The monoisotopic (exact) mass is 502 g/mol. The zero-order valence-corrected chi connectivity index (χ0v) is 19.2. The Hall–Kier alpha value is -2.36. The second kappa shape index (κ2) is 11.0. The first-order valence-corrected chi connectivity index (χ1v) is 11.5. The van der Waals surface area contributed by atoms with Crippen LogP contribution in [0.1, 0.15) is 45.7 Å². The van der Waals surface area contributed by atoms with Crippen molar-refractivity contribution in [2.75, 3.05) is 13.1 Å². The van der Waals surface area contributed by atoms with Crippen molar-refractivity contribution >= 4 is 52.3 Å². The van der Waals surface area contributed by atoms with Gasteiger partial charge in [0.1, 0.15) is 15.9 Å². The van der Waals surface area contributed by atoms with Gasteiger partial charge < -0.3 is 20.5 Å². The van der Waals surface area contributed by atoms with Crippen LogP contribution in [0.4, 0.5) is 4.39 Å². The van der Waals surface area contributed by atoms with E-state index in [4.69, 9.17) is 33.0 Å². The van der Waals surface area contributed by atoms with E-state index in [-0.39, 0.29) is 36.6 Å². The number of thiophene rings is 1. The molecule has 1 aromatic carbocycles. The number of carboxylic acids is 1. The summed E-state index contributed by atoms with van der Waals surface area (Å²) in [5, 5.41) is 14.5. The molecule has 0 aliphatic heterocycles. The van der Waals surface area contributed by atoms with Crippen molar-refractivity contribution in [3.8, 4) is 5.75 Å². The molecule has 0 spiro atoms. The lowest BCUT2D eigenvalue weighted by Crippen LogP contribution is -2.34. The highest BCUT2D eigenvalue weighted by molar-refractivity contribution is 7.18. The fraction of sp³-hybridized carbons (Fsp3) is 0.381. The van der Waals surface area contributed by atoms with Gasteiger partial charge in [-0.25, -0.2) is 4.39 Å². The standard InChI is InChI=1S/C21H21Cl2FN2O5S/c22-15-10-17(32-18(15)23)20(28)26-8-7-25-19(27)14-6-5-13(9-16(14)24)31-12-3-1-11(2-4-12)21(29)30/h5-6,9-12H,1-4,7-8H2,(H,25,27)(H,26,28)(H,29,30)/t11-,12+. The number of carbonyl (C=O) groups is 3. The molecular formula is C21H21Cl2FN2O5S. The van der Waals surface area contributed by atoms with E-state index in [1.807, 2.05) is 0 Å². The molecule has 32 heavy (non-hydrogen) atoms. The van der Waals surface area contributed by atoms with E-state index < -0.39 is 17.7 Å². The lowest BCUT2D eigenvalue weighted by Gasteiger charge is -2.26. The number of hydrogen-bond donors (Lipinski definition) is 3. The minimum atomic E-state index is -0.801. The third kappa shape index (κ3) is 6.34. The first kappa shape index (κ1) is 24.3. The van der Waals surface area contributed by atoms with Crippen molar-refractivity contribution in [3.05, 3.63) is 49.9 Å². The largest absolute Gasteiger partial charge is 0.490 e. The highest BCUT2D eigenvalue weighted by Crippen LogP contribution is 2.31. The summed E-state index contributed by atoms with van der Waals surface area (Å²) in [7, 11) is 0. The Morgan fingerprint density at radius 1 is 1.06 bits per heavy atom. The number of halogens is 3. The van der Waals surface area contributed by atoms with Gasteiger partial charge in [-0.05, 0) is 43.9 Å². The summed E-state index contributed by atoms with van der Waals surface area (Å²) in [6.07, 6.45) is 2.02. The number of hydrogen-bond acceptors (Lipinski definition) is 5. The maximum absolute atomic E-state index is 14.4. The third-order valence-corrected chi connectivity index (χ3v) is 6.94. The maximum Gasteiger partial charge on any atom is 0.306 e. The smallest absolute Gasteiger partial charge is 0.306 e. The number of rotatable bonds is 8. The predicted molar refractivity (Wildman–Crippen MR) is 119 cm³/mol. The molecule has 0 radical (unpaired) electrons. The SMILES string of the molecule is O=C(NCCNC(=O)c1ccc(O[C@H]2CC[C@@H](C(=O)O)CC2)cc1F)c1cc(Cl)c(Cl)s1. The van der Waals surface area contributed by atoms with Gasteiger partial charge in [0, 0.05) is 19.2 Å². The van der Waals surface area contributed by atoms with E-state index in [1.54, 1.807) is 0 Å². The van der Waals surface area contributed by atoms with Gasteiger partial charge in [0.15, 0.2) is 0 Å². The Labute approximate surface area is 197 Å². The molecule has 1 aliphatic rings. The van der Waals surface area contributed by atoms with Crippen LogP contribution >= 0.6 is 34.5 Å². The first-order chi connectivity index (χ1) is 15.2. The lowest BCUT2D eigenvalue weighted by molar-refractivity contribution is -0.143. The third-order valence-electron chi connectivity index (χ3n) is 5.08. The molecule has 0 bridgehead atoms. The minimum Gasteiger partial charge on any atom is -0.490 e. The van der Waals surface area contributed by atoms with Gasteiger partial charge >= 0.3 is 5.97 Å². The van der Waals surface area contributed by atoms with Crippen molar-refractivity contribution in [1.82, 2.24) is 10.6 Å². The minimum absolute atomic E-state index is 0.0991. The van der Waals surface area contributed by atoms with Gasteiger partial charge in [0.2, 0.25) is 0 Å². The second-order valence-electron chi connectivity index (χ2n) is 7.32. The van der Waals surface area contributed by atoms with E-state index in [1.165, 1.54) is 18.2 Å². The number of benzene rings is 1. The van der Waals surface area contributed by atoms with Crippen LogP contribution in [-0.2, 0) is 4.79 Å². The van der Waals surface area contributed by atoms with Crippen LogP contribution in [0.5, 0.6) is 5.75 Å². The Kier molecular flexibility index (Phi) is 8.33. The summed E-state index contributed by atoms with van der Waals surface area (Å²) in [6, 6.07) is 5.44. The van der Waals surface area contributed by atoms with Crippen molar-refractivity contribution < 1.29 is 28.6 Å². The summed E-state index contributed by atoms with van der Waals surface area (Å²) >= 11 is 12.7. The highest BCUT2D eigenvalue weighted by atomic mass is 35.5. The van der Waals surface area contributed by atoms with E-state index in [9.17, 15) is 18.8 Å². The van der Waals surface area contributed by atoms with Gasteiger partial charge in [-0.1, -0.05) is 23.2 Å². The number of aliphatic carboxylic acids is 1. The van der Waals surface area contributed by atoms with E-state index in [0.717, 1.165) is 17.4 Å². The van der Waals surface area contributed by atoms with E-state index in [2.05, 4.69) is 10.6 Å². The van der Waals surface area contributed by atoms with E-state index >= 15 is 0 Å². The van der Waals surface area contributed by atoms with E-state index in [0.29, 0.717) is 45.7 Å². The Morgan fingerprint density at radius 2 is 1.72 bits per heavy atom. The summed E-state index contributed by atoms with van der Waals surface area (Å²) < 4.78 is 20.5. The molecule has 3 N–H and O–H groups in total. The van der Waals surface area contributed by atoms with Crippen molar-refractivity contribution in [3.63, 3.8) is 0 Å². The van der Waals surface area contributed by atoms with Crippen LogP contribution in [0.2, 0.25) is 9.36 Å². The van der Waals surface area contributed by atoms with Crippen LogP contribution in [0.25, 0.3) is 0 Å². The highest BCUT2D eigenvalue weighted by Gasteiger charge is 2.27. The molecule has 1 heterocycles. The number of ether oxygens (including phenoxy) is 1. The van der Waals surface area contributed by atoms with Gasteiger partial charge in [-0.15, -0.1) is 11.3 Å². The van der Waals surface area contributed by atoms with Crippen molar-refractivity contribution in [1.29, 1.82) is 0 Å². The number of carboxylic acid groups (broad SMARTS) is 1. The number of amides is 2. The molecule has 0 saturated heterocycles. The topological polar surface area (TPSA) is 105 Å². The Bertz CT molecular complexity index is 989. The molecule has 2 aromatic rings. The van der Waals surface area contributed by atoms with Crippen LogP contribution in [-0.4, -0.2) is 42.1 Å². The van der Waals surface area contributed by atoms with Crippen LogP contribution < -0.4 is 15.4 Å². The molecular weight excluding hydrogens is 482 g/mol. The molecule has 3 rings (SSSR count). The fourth-order valence-corrected chi connectivity index (χ4v) is 4.65. The predicted octanol–water partition coefficient (Wildman–Crippen LogP) is 4.38. The summed E-state index contributed by atoms with van der Waals surface area (Å²) in [5.41, 5.74) is -0.143. The molecule has 1 fully saturated rings. The van der Waals surface area contributed by atoms with Gasteiger partial charge in [-0.3, -0.25) is 14.4 Å². The summed E-state index contributed by atoms with van der Waals surface area (Å²) in [6.45, 7) is 0.238. The Morgan fingerprint density at radius 3 is 2.28 bits per heavy atom. The normalized spacial score (nSPS) is 18.1. The van der Waals surface area contributed by atoms with Gasteiger partial charge in [0.25, 0.3) is 11.8 Å². The van der Waals surface area contributed by atoms with Crippen LogP contribution in [0.15, 0.2) is 24.3 Å². The fourth-order valence-electron chi connectivity index (χ4n) is 3.37. The quantitative estimate of drug-likeness (QED) is 0.464. The Balaban J connectivity index is 1.44. The van der Waals surface area contributed by atoms with Crippen LogP contribution in [0, 0.1) is 11.7 Å². The summed E-state index contributed by atoms with van der Waals surface area (Å²) in [5.74, 6) is -2.59. The number of carbonyl (C=O) groups excluding carboxylic acids is 2. The number of nitrogens with one attached hydrogen (secondary N) is 2. The molecule has 1 aliphatic carbocycles. The zero-order valence-electron chi connectivity index (χ0n) is 16.8. The molecule has 1 saturated carbocycles. The lowest BCUT2D eigenvalue weighted by atomic mass is 9.87. The maximum atomic E-state index is 14.4. The average Bonchev–Trinajstić information content (AvgIpc) is 3.10. The van der Waals surface area contributed by atoms with Crippen LogP contribution in [0.3, 0.4) is 0 Å². The van der Waals surface area contributed by atoms with Crippen molar-refractivity contribution in [2.45, 2.75) is 31.8 Å². The summed E-state index contributed by atoms with van der Waals surface area (Å²) in [4.78, 5) is 35.6. The second-order valence-corrected chi connectivity index (χ2v) is 9.38. The van der Waals surface area contributed by atoms with Gasteiger partial charge in [0.05, 0.1) is 27.5 Å². The average molecular weight is 503 g/mol. The zero-order chi connectivity index (χ0) is 23.3. The van der Waals surface area contributed by atoms with Crippen molar-refractivity contribution in [2.24, 2.45) is 5.92 Å². The van der Waals surface area contributed by atoms with Gasteiger partial charge in [-0.2, -0.15) is 0 Å². The molecule has 172 valence electrons. The molecule has 2 amide bonds. The molecule has 0 unspecified atom stereocenters.